The van der Waals surface area contributed by atoms with Gasteiger partial charge in [-0.2, -0.15) is 0 Å². The van der Waals surface area contributed by atoms with E-state index in [0.717, 1.165) is 29.3 Å². The zero-order valence-electron chi connectivity index (χ0n) is 25.8. The normalized spacial score (nSPS) is 10.4. The fourth-order valence-electron chi connectivity index (χ4n) is 3.65. The number of benzene rings is 2. The second-order valence-corrected chi connectivity index (χ2v) is 10.8. The summed E-state index contributed by atoms with van der Waals surface area (Å²) in [4.78, 5) is 27.2. The van der Waals surface area contributed by atoms with Gasteiger partial charge in [0.1, 0.15) is 11.5 Å². The summed E-state index contributed by atoms with van der Waals surface area (Å²) in [5.41, 5.74) is 0.690. The number of rotatable bonds is 8. The van der Waals surface area contributed by atoms with Crippen molar-refractivity contribution in [3.05, 3.63) is 108 Å². The van der Waals surface area contributed by atoms with Gasteiger partial charge in [0.15, 0.2) is 23.2 Å². The average molecular weight is 701 g/mol. The highest BCUT2D eigenvalue weighted by atomic mass is 35.5. The van der Waals surface area contributed by atoms with Gasteiger partial charge in [-0.1, -0.05) is 50.9 Å². The van der Waals surface area contributed by atoms with Crippen molar-refractivity contribution in [2.75, 3.05) is 14.2 Å². The summed E-state index contributed by atoms with van der Waals surface area (Å²) in [5.74, 6) is -1.94. The second kappa shape index (κ2) is 17.1. The fraction of sp³-hybridized carbons (Fsp3) is 0.267. The molecule has 0 radical (unpaired) electrons. The van der Waals surface area contributed by atoms with Crippen molar-refractivity contribution in [3.63, 3.8) is 0 Å². The molecule has 0 atom stereocenters. The van der Waals surface area contributed by atoms with Crippen molar-refractivity contribution >= 4 is 34.6 Å². The molecule has 17 heteroatoms. The predicted octanol–water partition coefficient (Wildman–Crippen LogP) is 9.15. The highest BCUT2D eigenvalue weighted by molar-refractivity contribution is 6.32. The van der Waals surface area contributed by atoms with Gasteiger partial charge in [-0.25, -0.2) is 23.1 Å². The second-order valence-electron chi connectivity index (χ2n) is 9.95. The molecule has 2 aromatic heterocycles. The maximum absolute atomic E-state index is 14.0. The van der Waals surface area contributed by atoms with Crippen LogP contribution in [0.2, 0.25) is 10.0 Å². The first-order chi connectivity index (χ1) is 22.0. The third-order valence-electron chi connectivity index (χ3n) is 5.94. The van der Waals surface area contributed by atoms with E-state index in [1.54, 1.807) is 19.2 Å². The van der Waals surface area contributed by atoms with E-state index in [2.05, 4.69) is 9.97 Å². The van der Waals surface area contributed by atoms with Gasteiger partial charge < -0.3 is 19.3 Å². The zero-order chi connectivity index (χ0) is 35.6. The maximum Gasteiger partial charge on any atom is 0.274 e. The lowest BCUT2D eigenvalue weighted by molar-refractivity contribution is -0.385. The van der Waals surface area contributed by atoms with Gasteiger partial charge in [-0.15, -0.1) is 0 Å². The van der Waals surface area contributed by atoms with Crippen LogP contribution in [0.5, 0.6) is 29.0 Å². The summed E-state index contributed by atoms with van der Waals surface area (Å²) < 4.78 is 54.5. The third kappa shape index (κ3) is 10.6. The number of nitro groups is 2. The lowest BCUT2D eigenvalue weighted by Crippen LogP contribution is -1.99. The standard InChI is InChI=1S/C15H14ClFN2O4.C9H13NO2.C6H2ClF2NO2/c1-8(2)11-6-10(7-18-15(11)22-3)23-14-12(16)4-9(19(20)21)5-13(14)17;1-6(2)8-4-7(11)5-10-9(8)12-3;7-4-1-3(10(11)12)2-5(8)6(4)9/h4-8H,1-3H3;4-6,11H,1-3H3;1-2H. The molecular weight excluding hydrogens is 672 g/mol. The van der Waals surface area contributed by atoms with E-state index in [-0.39, 0.29) is 28.2 Å². The van der Waals surface area contributed by atoms with Gasteiger partial charge in [0.05, 0.1) is 58.6 Å². The molecule has 1 N–H and O–H groups in total. The number of aromatic nitrogens is 2. The lowest BCUT2D eigenvalue weighted by Gasteiger charge is -2.13. The van der Waals surface area contributed by atoms with Crippen LogP contribution in [0.3, 0.4) is 0 Å². The third-order valence-corrected chi connectivity index (χ3v) is 6.50. The Balaban J connectivity index is 0.000000270. The summed E-state index contributed by atoms with van der Waals surface area (Å²) in [7, 11) is 3.08. The Morgan fingerprint density at radius 1 is 0.745 bits per heavy atom. The van der Waals surface area contributed by atoms with E-state index in [9.17, 15) is 33.4 Å². The van der Waals surface area contributed by atoms with Gasteiger partial charge >= 0.3 is 0 Å². The van der Waals surface area contributed by atoms with Crippen molar-refractivity contribution < 1.29 is 42.3 Å². The number of aromatic hydroxyl groups is 1. The number of nitro benzene ring substituents is 2. The largest absolute Gasteiger partial charge is 0.506 e. The minimum atomic E-state index is -1.32. The van der Waals surface area contributed by atoms with Gasteiger partial charge in [-0.05, 0) is 24.0 Å². The molecule has 2 heterocycles. The summed E-state index contributed by atoms with van der Waals surface area (Å²) >= 11 is 11.0. The van der Waals surface area contributed by atoms with E-state index >= 15 is 0 Å². The van der Waals surface area contributed by atoms with Crippen LogP contribution in [0.25, 0.3) is 0 Å². The van der Waals surface area contributed by atoms with Gasteiger partial charge in [0.25, 0.3) is 11.4 Å². The first-order valence-corrected chi connectivity index (χ1v) is 14.1. The van der Waals surface area contributed by atoms with Gasteiger partial charge in [0, 0.05) is 23.3 Å². The molecule has 47 heavy (non-hydrogen) atoms. The summed E-state index contributed by atoms with van der Waals surface area (Å²) in [6, 6.07) is 6.34. The monoisotopic (exact) mass is 700 g/mol. The summed E-state index contributed by atoms with van der Waals surface area (Å²) in [5, 5.41) is 29.1. The van der Waals surface area contributed by atoms with Crippen molar-refractivity contribution in [2.45, 2.75) is 39.5 Å². The number of hydrogen-bond acceptors (Lipinski definition) is 10. The lowest BCUT2D eigenvalue weighted by atomic mass is 10.1. The number of ether oxygens (including phenoxy) is 3. The van der Waals surface area contributed by atoms with Gasteiger partial charge in [-0.3, -0.25) is 20.2 Å². The Labute approximate surface area is 277 Å². The van der Waals surface area contributed by atoms with E-state index in [1.807, 2.05) is 27.7 Å². The van der Waals surface area contributed by atoms with Crippen LogP contribution in [-0.4, -0.2) is 39.1 Å². The van der Waals surface area contributed by atoms with Crippen LogP contribution in [-0.2, 0) is 0 Å². The van der Waals surface area contributed by atoms with Crippen LogP contribution < -0.4 is 14.2 Å². The fourth-order valence-corrected chi connectivity index (χ4v) is 4.09. The molecule has 0 aliphatic heterocycles. The number of non-ortho nitro benzene ring substituents is 2. The molecule has 252 valence electrons. The molecule has 4 rings (SSSR count). The van der Waals surface area contributed by atoms with E-state index in [1.165, 1.54) is 19.5 Å². The number of nitrogens with zero attached hydrogens (tertiary/aromatic N) is 4. The SMILES string of the molecule is COc1ncc(O)cc1C(C)C.COc1ncc(Oc2c(F)cc([N+](=O)[O-])cc2Cl)cc1C(C)C.O=[N+]([O-])c1cc(F)c(F)c(Cl)c1. The van der Waals surface area contributed by atoms with Crippen LogP contribution in [0.4, 0.5) is 24.5 Å². The van der Waals surface area contributed by atoms with Crippen LogP contribution in [0.15, 0.2) is 48.8 Å². The van der Waals surface area contributed by atoms with Crippen molar-refractivity contribution in [2.24, 2.45) is 0 Å². The average Bonchev–Trinajstić information content (AvgIpc) is 3.01. The van der Waals surface area contributed by atoms with E-state index in [0.29, 0.717) is 23.7 Å². The molecule has 0 saturated heterocycles. The topological polar surface area (TPSA) is 160 Å². The molecule has 0 unspecified atom stereocenters. The summed E-state index contributed by atoms with van der Waals surface area (Å²) in [6.07, 6.45) is 2.74. The number of methoxy groups -OCH3 is 2. The van der Waals surface area contributed by atoms with Crippen molar-refractivity contribution in [1.82, 2.24) is 9.97 Å². The molecule has 12 nitrogen and oxygen atoms in total. The van der Waals surface area contributed by atoms with Crippen LogP contribution in [0, 0.1) is 37.7 Å². The minimum absolute atomic E-state index is 0.109. The molecule has 0 saturated carbocycles. The quantitative estimate of drug-likeness (QED) is 0.107. The molecule has 0 fully saturated rings. The number of hydrogen-bond donors (Lipinski definition) is 1. The highest BCUT2D eigenvalue weighted by Crippen LogP contribution is 2.37. The van der Waals surface area contributed by atoms with E-state index < -0.39 is 43.7 Å². The number of halogens is 5. The van der Waals surface area contributed by atoms with Crippen molar-refractivity contribution in [3.8, 4) is 29.0 Å². The molecule has 0 aliphatic carbocycles. The van der Waals surface area contributed by atoms with E-state index in [4.69, 9.17) is 42.5 Å². The Morgan fingerprint density at radius 3 is 1.66 bits per heavy atom. The Kier molecular flexibility index (Phi) is 14.0. The molecule has 0 amide bonds. The molecule has 0 bridgehead atoms. The Morgan fingerprint density at radius 2 is 1.21 bits per heavy atom. The molecule has 2 aromatic carbocycles. The smallest absolute Gasteiger partial charge is 0.274 e. The first-order valence-electron chi connectivity index (χ1n) is 13.4. The predicted molar refractivity (Wildman–Crippen MR) is 168 cm³/mol. The summed E-state index contributed by atoms with van der Waals surface area (Å²) in [6.45, 7) is 7.95. The maximum atomic E-state index is 14.0. The Hall–Kier alpha value is -4.89. The van der Waals surface area contributed by atoms with Gasteiger partial charge in [0.2, 0.25) is 11.8 Å². The first kappa shape index (κ1) is 38.3. The number of pyridine rings is 2. The van der Waals surface area contributed by atoms with Crippen LogP contribution >= 0.6 is 23.2 Å². The molecular formula is C30H29Cl2F3N4O8. The Bertz CT molecular complexity index is 1700. The molecule has 0 spiro atoms. The van der Waals surface area contributed by atoms with Crippen LogP contribution in [0.1, 0.15) is 50.7 Å². The highest BCUT2D eigenvalue weighted by Gasteiger charge is 2.19. The molecule has 4 aromatic rings. The zero-order valence-corrected chi connectivity index (χ0v) is 27.3. The molecule has 0 aliphatic rings. The minimum Gasteiger partial charge on any atom is -0.506 e. The van der Waals surface area contributed by atoms with Crippen molar-refractivity contribution in [1.29, 1.82) is 0 Å².